The fourth-order valence-corrected chi connectivity index (χ4v) is 3.10. The van der Waals surface area contributed by atoms with E-state index in [0.29, 0.717) is 18.2 Å². The zero-order chi connectivity index (χ0) is 20.6. The van der Waals surface area contributed by atoms with Crippen molar-refractivity contribution in [1.82, 2.24) is 14.9 Å². The van der Waals surface area contributed by atoms with Crippen LogP contribution in [0.1, 0.15) is 29.9 Å². The van der Waals surface area contributed by atoms with Crippen LogP contribution in [0.4, 0.5) is 0 Å². The van der Waals surface area contributed by atoms with Crippen LogP contribution in [0.3, 0.4) is 0 Å². The maximum atomic E-state index is 12.8. The average Bonchev–Trinajstić information content (AvgIpc) is 3.17. The maximum absolute atomic E-state index is 12.8. The van der Waals surface area contributed by atoms with Crippen LogP contribution in [0, 0.1) is 0 Å². The van der Waals surface area contributed by atoms with Crippen LogP contribution < -0.4 is 14.8 Å². The van der Waals surface area contributed by atoms with E-state index in [1.807, 2.05) is 73.3 Å². The van der Waals surface area contributed by atoms with Crippen molar-refractivity contribution < 1.29 is 14.3 Å². The van der Waals surface area contributed by atoms with Gasteiger partial charge in [0.1, 0.15) is 23.4 Å². The summed E-state index contributed by atoms with van der Waals surface area (Å²) in [4.78, 5) is 17.2. The van der Waals surface area contributed by atoms with Crippen molar-refractivity contribution in [2.24, 2.45) is 7.05 Å². The summed E-state index contributed by atoms with van der Waals surface area (Å²) in [6.07, 6.45) is 6.80. The Kier molecular flexibility index (Phi) is 6.68. The lowest BCUT2D eigenvalue weighted by Gasteiger charge is -2.20. The molecule has 0 aliphatic heterocycles. The van der Waals surface area contributed by atoms with Crippen LogP contribution in [0.15, 0.2) is 67.0 Å². The molecule has 1 heterocycles. The molecule has 1 unspecified atom stereocenters. The number of rotatable bonds is 8. The summed E-state index contributed by atoms with van der Waals surface area (Å²) >= 11 is 0. The van der Waals surface area contributed by atoms with Crippen LogP contribution in [0.5, 0.6) is 11.5 Å². The van der Waals surface area contributed by atoms with Crippen LogP contribution in [-0.2, 0) is 11.8 Å². The lowest BCUT2D eigenvalue weighted by molar-refractivity contribution is -0.117. The minimum Gasteiger partial charge on any atom is -0.496 e. The summed E-state index contributed by atoms with van der Waals surface area (Å²) in [6.45, 7) is 2.49. The Bertz CT molecular complexity index is 994. The molecule has 0 fully saturated rings. The van der Waals surface area contributed by atoms with Gasteiger partial charge in [0.15, 0.2) is 0 Å². The van der Waals surface area contributed by atoms with Crippen LogP contribution in [0.2, 0.25) is 0 Å². The predicted molar refractivity (Wildman–Crippen MR) is 113 cm³/mol. The van der Waals surface area contributed by atoms with Crippen molar-refractivity contribution in [3.05, 3.63) is 84.0 Å². The van der Waals surface area contributed by atoms with Crippen molar-refractivity contribution in [3.63, 3.8) is 0 Å². The SMILES string of the molecule is CCOc1ccccc1/C=C/C(=O)NC(c1ccccc1OC)c1nccn1C. The molecule has 0 spiro atoms. The van der Waals surface area contributed by atoms with E-state index < -0.39 is 6.04 Å². The Morgan fingerprint density at radius 3 is 2.59 bits per heavy atom. The summed E-state index contributed by atoms with van der Waals surface area (Å²) in [5.41, 5.74) is 1.68. The average molecular weight is 391 g/mol. The van der Waals surface area contributed by atoms with Gasteiger partial charge in [-0.3, -0.25) is 4.79 Å². The first kappa shape index (κ1) is 20.2. The van der Waals surface area contributed by atoms with Gasteiger partial charge in [0.25, 0.3) is 0 Å². The smallest absolute Gasteiger partial charge is 0.244 e. The molecule has 0 saturated heterocycles. The summed E-state index contributed by atoms with van der Waals surface area (Å²) in [5.74, 6) is 1.90. The molecule has 0 saturated carbocycles. The Labute approximate surface area is 170 Å². The van der Waals surface area contributed by atoms with Gasteiger partial charge >= 0.3 is 0 Å². The third-order valence-corrected chi connectivity index (χ3v) is 4.49. The molecule has 0 aliphatic carbocycles. The van der Waals surface area contributed by atoms with Gasteiger partial charge in [-0.15, -0.1) is 0 Å². The van der Waals surface area contributed by atoms with Gasteiger partial charge in [-0.1, -0.05) is 36.4 Å². The zero-order valence-corrected chi connectivity index (χ0v) is 16.8. The van der Waals surface area contributed by atoms with Gasteiger partial charge in [0.2, 0.25) is 5.91 Å². The van der Waals surface area contributed by atoms with E-state index in [4.69, 9.17) is 9.47 Å². The van der Waals surface area contributed by atoms with Crippen LogP contribution >= 0.6 is 0 Å². The zero-order valence-electron chi connectivity index (χ0n) is 16.8. The molecule has 0 bridgehead atoms. The third-order valence-electron chi connectivity index (χ3n) is 4.49. The van der Waals surface area contributed by atoms with Crippen molar-refractivity contribution in [2.45, 2.75) is 13.0 Å². The molecule has 150 valence electrons. The second-order valence-electron chi connectivity index (χ2n) is 6.38. The first-order valence-corrected chi connectivity index (χ1v) is 9.44. The van der Waals surface area contributed by atoms with E-state index in [1.54, 1.807) is 19.4 Å². The lowest BCUT2D eigenvalue weighted by atomic mass is 10.0. The van der Waals surface area contributed by atoms with Crippen molar-refractivity contribution in [1.29, 1.82) is 0 Å². The summed E-state index contributed by atoms with van der Waals surface area (Å²) in [5, 5.41) is 3.04. The Hall–Kier alpha value is -3.54. The molecule has 6 heteroatoms. The molecule has 3 aromatic rings. The molecule has 29 heavy (non-hydrogen) atoms. The summed E-state index contributed by atoms with van der Waals surface area (Å²) in [7, 11) is 3.51. The number of hydrogen-bond acceptors (Lipinski definition) is 4. The standard InChI is InChI=1S/C23H25N3O3/c1-4-29-19-11-7-5-9-17(19)13-14-21(27)25-22(23-24-15-16-26(23)2)18-10-6-8-12-20(18)28-3/h5-16,22H,4H2,1-3H3,(H,25,27)/b14-13+. The quantitative estimate of drug-likeness (QED) is 0.594. The van der Waals surface area contributed by atoms with Gasteiger partial charge in [0, 0.05) is 36.6 Å². The number of aryl methyl sites for hydroxylation is 1. The van der Waals surface area contributed by atoms with Crippen LogP contribution in [0.25, 0.3) is 6.08 Å². The van der Waals surface area contributed by atoms with E-state index in [-0.39, 0.29) is 5.91 Å². The number of amides is 1. The monoisotopic (exact) mass is 391 g/mol. The minimum absolute atomic E-state index is 0.241. The van der Waals surface area contributed by atoms with E-state index in [0.717, 1.165) is 16.9 Å². The molecule has 1 amide bonds. The summed E-state index contributed by atoms with van der Waals surface area (Å²) < 4.78 is 13.0. The highest BCUT2D eigenvalue weighted by molar-refractivity contribution is 5.92. The maximum Gasteiger partial charge on any atom is 0.244 e. The fourth-order valence-electron chi connectivity index (χ4n) is 3.10. The third kappa shape index (κ3) is 4.85. The van der Waals surface area contributed by atoms with E-state index in [2.05, 4.69) is 10.3 Å². The second kappa shape index (κ2) is 9.59. The molecule has 3 rings (SSSR count). The van der Waals surface area contributed by atoms with Crippen molar-refractivity contribution in [3.8, 4) is 11.5 Å². The summed E-state index contributed by atoms with van der Waals surface area (Å²) in [6, 6.07) is 14.7. The molecule has 1 atom stereocenters. The Morgan fingerprint density at radius 2 is 1.90 bits per heavy atom. The van der Waals surface area contributed by atoms with Gasteiger partial charge in [-0.05, 0) is 25.1 Å². The number of aromatic nitrogens is 2. The topological polar surface area (TPSA) is 65.4 Å². The number of methoxy groups -OCH3 is 1. The number of imidazole rings is 1. The van der Waals surface area contributed by atoms with Crippen molar-refractivity contribution in [2.75, 3.05) is 13.7 Å². The van der Waals surface area contributed by atoms with E-state index >= 15 is 0 Å². The Balaban J connectivity index is 1.87. The number of hydrogen-bond donors (Lipinski definition) is 1. The largest absolute Gasteiger partial charge is 0.496 e. The predicted octanol–water partition coefficient (Wildman–Crippen LogP) is 3.75. The number of nitrogens with one attached hydrogen (secondary N) is 1. The minimum atomic E-state index is -0.453. The second-order valence-corrected chi connectivity index (χ2v) is 6.38. The highest BCUT2D eigenvalue weighted by atomic mass is 16.5. The normalized spacial score (nSPS) is 12.0. The van der Waals surface area contributed by atoms with E-state index in [1.165, 1.54) is 6.08 Å². The van der Waals surface area contributed by atoms with Crippen LogP contribution in [-0.4, -0.2) is 29.2 Å². The highest BCUT2D eigenvalue weighted by Crippen LogP contribution is 2.29. The molecular formula is C23H25N3O3. The highest BCUT2D eigenvalue weighted by Gasteiger charge is 2.23. The molecule has 6 nitrogen and oxygen atoms in total. The van der Waals surface area contributed by atoms with E-state index in [9.17, 15) is 4.79 Å². The molecule has 0 radical (unpaired) electrons. The lowest BCUT2D eigenvalue weighted by Crippen LogP contribution is -2.30. The number of nitrogens with zero attached hydrogens (tertiary/aromatic N) is 2. The number of carbonyl (C=O) groups is 1. The number of benzene rings is 2. The van der Waals surface area contributed by atoms with Gasteiger partial charge in [-0.25, -0.2) is 4.98 Å². The molecule has 0 aliphatic rings. The molecule has 1 N–H and O–H groups in total. The molecular weight excluding hydrogens is 366 g/mol. The number of carbonyl (C=O) groups excluding carboxylic acids is 1. The molecule has 1 aromatic heterocycles. The van der Waals surface area contributed by atoms with Crippen molar-refractivity contribution >= 4 is 12.0 Å². The van der Waals surface area contributed by atoms with Gasteiger partial charge < -0.3 is 19.4 Å². The first-order chi connectivity index (χ1) is 14.1. The Morgan fingerprint density at radius 1 is 1.17 bits per heavy atom. The first-order valence-electron chi connectivity index (χ1n) is 9.44. The number of para-hydroxylation sites is 2. The number of ether oxygens (including phenoxy) is 2. The van der Waals surface area contributed by atoms with Gasteiger partial charge in [-0.2, -0.15) is 0 Å². The molecule has 2 aromatic carbocycles. The van der Waals surface area contributed by atoms with Gasteiger partial charge in [0.05, 0.1) is 13.7 Å². The fraction of sp³-hybridized carbons (Fsp3) is 0.217.